The van der Waals surface area contributed by atoms with Crippen molar-refractivity contribution >= 4 is 27.7 Å². The number of hydrogen-bond donors (Lipinski definition) is 0. The van der Waals surface area contributed by atoms with E-state index in [-0.39, 0.29) is 0 Å². The molecule has 0 fully saturated rings. The van der Waals surface area contributed by atoms with Crippen molar-refractivity contribution < 1.29 is 0 Å². The van der Waals surface area contributed by atoms with Crippen LogP contribution < -0.4 is 0 Å². The number of aryl methyl sites for hydroxylation is 1. The van der Waals surface area contributed by atoms with Crippen molar-refractivity contribution in [3.05, 3.63) is 28.2 Å². The van der Waals surface area contributed by atoms with Crippen LogP contribution >= 0.6 is 27.7 Å². The van der Waals surface area contributed by atoms with Crippen LogP contribution in [0.5, 0.6) is 0 Å². The van der Waals surface area contributed by atoms with E-state index in [4.69, 9.17) is 0 Å². The van der Waals surface area contributed by atoms with Gasteiger partial charge in [-0.3, -0.25) is 0 Å². The molecule has 0 bridgehead atoms. The van der Waals surface area contributed by atoms with Gasteiger partial charge in [-0.25, -0.2) is 0 Å². The molecule has 0 spiro atoms. The molecule has 11 heavy (non-hydrogen) atoms. The zero-order valence-electron chi connectivity index (χ0n) is 6.73. The van der Waals surface area contributed by atoms with Crippen molar-refractivity contribution in [2.45, 2.75) is 18.2 Å². The van der Waals surface area contributed by atoms with E-state index in [0.717, 1.165) is 6.42 Å². The molecular weight excluding hydrogens is 220 g/mol. The lowest BCUT2D eigenvalue weighted by molar-refractivity contribution is 1.10. The minimum Gasteiger partial charge on any atom is -0.128 e. The Morgan fingerprint density at radius 1 is 1.45 bits per heavy atom. The number of rotatable bonds is 2. The van der Waals surface area contributed by atoms with Gasteiger partial charge in [-0.2, -0.15) is 0 Å². The molecule has 0 atom stereocenters. The number of halogens is 1. The average molecular weight is 231 g/mol. The minimum absolute atomic E-state index is 1.09. The summed E-state index contributed by atoms with van der Waals surface area (Å²) in [4.78, 5) is 1.32. The zero-order valence-corrected chi connectivity index (χ0v) is 9.13. The average Bonchev–Trinajstić information content (AvgIpc) is 2.05. The van der Waals surface area contributed by atoms with Gasteiger partial charge in [0, 0.05) is 9.37 Å². The third kappa shape index (κ3) is 2.00. The first-order valence-corrected chi connectivity index (χ1v) is 5.62. The monoisotopic (exact) mass is 230 g/mol. The molecule has 0 nitrogen and oxygen atoms in total. The van der Waals surface area contributed by atoms with Gasteiger partial charge < -0.3 is 0 Å². The van der Waals surface area contributed by atoms with E-state index >= 15 is 0 Å². The second kappa shape index (κ2) is 4.17. The number of hydrogen-bond acceptors (Lipinski definition) is 1. The van der Waals surface area contributed by atoms with Crippen LogP contribution in [0.15, 0.2) is 27.6 Å². The smallest absolute Gasteiger partial charge is 0.0343 e. The topological polar surface area (TPSA) is 0 Å². The van der Waals surface area contributed by atoms with E-state index in [9.17, 15) is 0 Å². The minimum atomic E-state index is 1.09. The fourth-order valence-corrected chi connectivity index (χ4v) is 2.54. The summed E-state index contributed by atoms with van der Waals surface area (Å²) >= 11 is 5.36. The molecule has 0 saturated carbocycles. The lowest BCUT2D eigenvalue weighted by Crippen LogP contribution is -1.83. The van der Waals surface area contributed by atoms with E-state index in [1.54, 1.807) is 11.8 Å². The Kier molecular flexibility index (Phi) is 3.46. The Morgan fingerprint density at radius 2 is 2.18 bits per heavy atom. The molecule has 0 aromatic heterocycles. The lowest BCUT2D eigenvalue weighted by Gasteiger charge is -2.04. The van der Waals surface area contributed by atoms with Crippen LogP contribution in [0.25, 0.3) is 0 Å². The first kappa shape index (κ1) is 9.14. The van der Waals surface area contributed by atoms with Gasteiger partial charge in [-0.15, -0.1) is 11.8 Å². The number of thioether (sulfide) groups is 1. The van der Waals surface area contributed by atoms with Gasteiger partial charge in [0.1, 0.15) is 0 Å². The maximum absolute atomic E-state index is 3.58. The highest BCUT2D eigenvalue weighted by Gasteiger charge is 2.01. The Morgan fingerprint density at radius 3 is 2.73 bits per heavy atom. The summed E-state index contributed by atoms with van der Waals surface area (Å²) < 4.78 is 1.26. The van der Waals surface area contributed by atoms with E-state index in [1.165, 1.54) is 14.9 Å². The molecule has 0 N–H and O–H groups in total. The highest BCUT2D eigenvalue weighted by Crippen LogP contribution is 2.28. The zero-order chi connectivity index (χ0) is 8.27. The standard InChI is InChI=1S/C9H11BrS/c1-3-7-5-4-6-8(11-2)9(7)10/h4-6H,3H2,1-2H3. The Bertz CT molecular complexity index is 223. The van der Waals surface area contributed by atoms with Crippen molar-refractivity contribution in [1.82, 2.24) is 0 Å². The van der Waals surface area contributed by atoms with E-state index < -0.39 is 0 Å². The van der Waals surface area contributed by atoms with Crippen LogP contribution in [0.4, 0.5) is 0 Å². The molecule has 0 aliphatic rings. The molecule has 60 valence electrons. The molecule has 1 rings (SSSR count). The predicted molar refractivity (Wildman–Crippen MR) is 55.3 cm³/mol. The van der Waals surface area contributed by atoms with Crippen molar-refractivity contribution in [3.8, 4) is 0 Å². The highest BCUT2D eigenvalue weighted by molar-refractivity contribution is 9.10. The molecule has 1 aromatic rings. The lowest BCUT2D eigenvalue weighted by atomic mass is 10.2. The van der Waals surface area contributed by atoms with Crippen LogP contribution in [0, 0.1) is 0 Å². The summed E-state index contributed by atoms with van der Waals surface area (Å²) in [6, 6.07) is 6.40. The summed E-state index contributed by atoms with van der Waals surface area (Å²) in [6.45, 7) is 2.17. The summed E-state index contributed by atoms with van der Waals surface area (Å²) in [6.07, 6.45) is 3.19. The van der Waals surface area contributed by atoms with Crippen LogP contribution in [-0.2, 0) is 6.42 Å². The molecule has 0 saturated heterocycles. The van der Waals surface area contributed by atoms with Gasteiger partial charge in [0.05, 0.1) is 0 Å². The fraction of sp³-hybridized carbons (Fsp3) is 0.333. The van der Waals surface area contributed by atoms with Crippen LogP contribution in [0.2, 0.25) is 0 Å². The summed E-state index contributed by atoms with van der Waals surface area (Å²) in [7, 11) is 0. The molecule has 0 radical (unpaired) electrons. The number of benzene rings is 1. The second-order valence-corrected chi connectivity index (χ2v) is 3.93. The van der Waals surface area contributed by atoms with Crippen LogP contribution in [0.3, 0.4) is 0 Å². The van der Waals surface area contributed by atoms with Crippen molar-refractivity contribution in [3.63, 3.8) is 0 Å². The molecule has 0 amide bonds. The Labute approximate surface area is 80.5 Å². The summed E-state index contributed by atoms with van der Waals surface area (Å²) in [5.74, 6) is 0. The van der Waals surface area contributed by atoms with Crippen LogP contribution in [0.1, 0.15) is 12.5 Å². The maximum atomic E-state index is 3.58. The van der Waals surface area contributed by atoms with E-state index in [1.807, 2.05) is 0 Å². The second-order valence-electron chi connectivity index (χ2n) is 2.29. The Hall–Kier alpha value is 0.0500. The molecular formula is C9H11BrS. The third-order valence-corrected chi connectivity index (χ3v) is 3.62. The maximum Gasteiger partial charge on any atom is 0.0343 e. The van der Waals surface area contributed by atoms with Gasteiger partial charge in [0.2, 0.25) is 0 Å². The normalized spacial score (nSPS) is 10.1. The molecule has 1 aromatic carbocycles. The largest absolute Gasteiger partial charge is 0.128 e. The van der Waals surface area contributed by atoms with Crippen LogP contribution in [-0.4, -0.2) is 6.26 Å². The highest BCUT2D eigenvalue weighted by atomic mass is 79.9. The van der Waals surface area contributed by atoms with Gasteiger partial charge in [0.25, 0.3) is 0 Å². The molecule has 0 heterocycles. The fourth-order valence-electron chi connectivity index (χ4n) is 0.987. The van der Waals surface area contributed by atoms with Crippen molar-refractivity contribution in [2.24, 2.45) is 0 Å². The molecule has 0 aliphatic carbocycles. The first-order valence-electron chi connectivity index (χ1n) is 3.61. The SMILES string of the molecule is CCc1cccc(SC)c1Br. The van der Waals surface area contributed by atoms with Gasteiger partial charge >= 0.3 is 0 Å². The predicted octanol–water partition coefficient (Wildman–Crippen LogP) is 3.73. The molecule has 0 unspecified atom stereocenters. The molecule has 2 heteroatoms. The quantitative estimate of drug-likeness (QED) is 0.699. The van der Waals surface area contributed by atoms with E-state index in [2.05, 4.69) is 47.3 Å². The molecule has 0 aliphatic heterocycles. The van der Waals surface area contributed by atoms with Gasteiger partial charge in [-0.05, 0) is 40.2 Å². The Balaban J connectivity index is 3.10. The summed E-state index contributed by atoms with van der Waals surface area (Å²) in [5, 5.41) is 0. The van der Waals surface area contributed by atoms with Crippen molar-refractivity contribution in [1.29, 1.82) is 0 Å². The van der Waals surface area contributed by atoms with Gasteiger partial charge in [0.15, 0.2) is 0 Å². The van der Waals surface area contributed by atoms with Gasteiger partial charge in [-0.1, -0.05) is 19.1 Å². The van der Waals surface area contributed by atoms with E-state index in [0.29, 0.717) is 0 Å². The third-order valence-electron chi connectivity index (χ3n) is 1.64. The van der Waals surface area contributed by atoms with Crippen molar-refractivity contribution in [2.75, 3.05) is 6.26 Å². The first-order chi connectivity index (χ1) is 5.29. The summed E-state index contributed by atoms with van der Waals surface area (Å²) in [5.41, 5.74) is 1.39.